The Morgan fingerprint density at radius 1 is 1.25 bits per heavy atom. The number of rotatable bonds is 3. The molecule has 3 rings (SSSR count). The molecule has 3 heteroatoms. The van der Waals surface area contributed by atoms with Gasteiger partial charge in [0, 0.05) is 11.6 Å². The second kappa shape index (κ2) is 5.57. The van der Waals surface area contributed by atoms with E-state index in [2.05, 4.69) is 4.90 Å². The topological polar surface area (TPSA) is 29.5 Å². The van der Waals surface area contributed by atoms with Gasteiger partial charge in [-0.3, -0.25) is 9.69 Å². The minimum atomic E-state index is 0.176. The number of likely N-dealkylation sites (tertiary alicyclic amines) is 1. The van der Waals surface area contributed by atoms with E-state index in [9.17, 15) is 4.79 Å². The second-order valence-corrected chi connectivity index (χ2v) is 5.91. The summed E-state index contributed by atoms with van der Waals surface area (Å²) in [5, 5.41) is 0. The van der Waals surface area contributed by atoms with Gasteiger partial charge in [-0.05, 0) is 75.4 Å². The first-order chi connectivity index (χ1) is 9.72. The molecule has 1 aliphatic heterocycles. The van der Waals surface area contributed by atoms with Gasteiger partial charge in [0.1, 0.15) is 5.75 Å². The lowest BCUT2D eigenvalue weighted by Crippen LogP contribution is -2.30. The summed E-state index contributed by atoms with van der Waals surface area (Å²) in [6.07, 6.45) is 5.95. The molecule has 0 N–H and O–H groups in total. The van der Waals surface area contributed by atoms with Crippen molar-refractivity contribution < 1.29 is 9.53 Å². The summed E-state index contributed by atoms with van der Waals surface area (Å²) in [6.45, 7) is 4.01. The highest BCUT2D eigenvalue weighted by molar-refractivity contribution is 5.96. The fourth-order valence-corrected chi connectivity index (χ4v) is 3.82. The first kappa shape index (κ1) is 13.6. The van der Waals surface area contributed by atoms with Crippen LogP contribution < -0.4 is 4.74 Å². The molecule has 3 nitrogen and oxygen atoms in total. The quantitative estimate of drug-likeness (QED) is 0.791. The SMILES string of the molecule is COc1ccc(C(C)=O)c2c1CCC[C@@H]2N1CCCC1. The smallest absolute Gasteiger partial charge is 0.160 e. The molecule has 0 saturated carbocycles. The van der Waals surface area contributed by atoms with Crippen LogP contribution in [-0.2, 0) is 6.42 Å². The average Bonchev–Trinajstić information content (AvgIpc) is 2.99. The Morgan fingerprint density at radius 3 is 2.65 bits per heavy atom. The highest BCUT2D eigenvalue weighted by atomic mass is 16.5. The number of ketones is 1. The van der Waals surface area contributed by atoms with Crippen LogP contribution in [0.5, 0.6) is 5.75 Å². The fraction of sp³-hybridized carbons (Fsp3) is 0.588. The van der Waals surface area contributed by atoms with Gasteiger partial charge in [0.15, 0.2) is 5.78 Å². The molecule has 108 valence electrons. The monoisotopic (exact) mass is 273 g/mol. The number of nitrogens with zero attached hydrogens (tertiary/aromatic N) is 1. The Hall–Kier alpha value is -1.35. The summed E-state index contributed by atoms with van der Waals surface area (Å²) >= 11 is 0. The number of hydrogen-bond donors (Lipinski definition) is 0. The second-order valence-electron chi connectivity index (χ2n) is 5.91. The van der Waals surface area contributed by atoms with E-state index < -0.39 is 0 Å². The van der Waals surface area contributed by atoms with E-state index in [1.807, 2.05) is 12.1 Å². The minimum absolute atomic E-state index is 0.176. The van der Waals surface area contributed by atoms with E-state index in [0.29, 0.717) is 6.04 Å². The molecule has 0 radical (unpaired) electrons. The van der Waals surface area contributed by atoms with Crippen LogP contribution in [0.1, 0.15) is 60.1 Å². The van der Waals surface area contributed by atoms with Crippen LogP contribution in [0, 0.1) is 0 Å². The van der Waals surface area contributed by atoms with Gasteiger partial charge in [-0.1, -0.05) is 0 Å². The molecule has 1 atom stereocenters. The number of hydrogen-bond acceptors (Lipinski definition) is 3. The first-order valence-corrected chi connectivity index (χ1v) is 7.67. The third-order valence-electron chi connectivity index (χ3n) is 4.73. The van der Waals surface area contributed by atoms with Crippen LogP contribution in [0.15, 0.2) is 12.1 Å². The molecule has 0 bridgehead atoms. The summed E-state index contributed by atoms with van der Waals surface area (Å²) in [4.78, 5) is 14.6. The number of benzene rings is 1. The third-order valence-corrected chi connectivity index (χ3v) is 4.73. The van der Waals surface area contributed by atoms with Crippen molar-refractivity contribution in [3.05, 3.63) is 28.8 Å². The van der Waals surface area contributed by atoms with Gasteiger partial charge in [0.2, 0.25) is 0 Å². The molecular formula is C17H23NO2. The van der Waals surface area contributed by atoms with Crippen molar-refractivity contribution in [2.75, 3.05) is 20.2 Å². The van der Waals surface area contributed by atoms with Gasteiger partial charge in [0.25, 0.3) is 0 Å². The normalized spacial score (nSPS) is 22.6. The van der Waals surface area contributed by atoms with E-state index in [1.54, 1.807) is 14.0 Å². The molecule has 0 unspecified atom stereocenters. The maximum atomic E-state index is 12.0. The highest BCUT2D eigenvalue weighted by Gasteiger charge is 2.32. The maximum absolute atomic E-state index is 12.0. The summed E-state index contributed by atoms with van der Waals surface area (Å²) in [6, 6.07) is 4.33. The van der Waals surface area contributed by atoms with E-state index in [1.165, 1.54) is 49.9 Å². The van der Waals surface area contributed by atoms with E-state index in [-0.39, 0.29) is 5.78 Å². The molecule has 1 aromatic rings. The van der Waals surface area contributed by atoms with Crippen molar-refractivity contribution in [3.8, 4) is 5.75 Å². The lowest BCUT2D eigenvalue weighted by molar-refractivity contribution is 0.101. The van der Waals surface area contributed by atoms with Crippen LogP contribution in [-0.4, -0.2) is 30.9 Å². The number of fused-ring (bicyclic) bond motifs is 1. The van der Waals surface area contributed by atoms with E-state index >= 15 is 0 Å². The van der Waals surface area contributed by atoms with Gasteiger partial charge in [-0.25, -0.2) is 0 Å². The zero-order chi connectivity index (χ0) is 14.1. The molecular weight excluding hydrogens is 250 g/mol. The Balaban J connectivity index is 2.10. The molecule has 2 aliphatic rings. The molecule has 1 aliphatic carbocycles. The van der Waals surface area contributed by atoms with E-state index in [4.69, 9.17) is 4.74 Å². The predicted molar refractivity (Wildman–Crippen MR) is 79.5 cm³/mol. The Kier molecular flexibility index (Phi) is 3.79. The lowest BCUT2D eigenvalue weighted by atomic mass is 9.82. The summed E-state index contributed by atoms with van der Waals surface area (Å²) in [5.41, 5.74) is 3.42. The highest BCUT2D eigenvalue weighted by Crippen LogP contribution is 2.41. The molecule has 1 saturated heterocycles. The van der Waals surface area contributed by atoms with Crippen LogP contribution in [0.3, 0.4) is 0 Å². The zero-order valence-corrected chi connectivity index (χ0v) is 12.4. The Morgan fingerprint density at radius 2 is 2.00 bits per heavy atom. The standard InChI is InChI=1S/C17H23NO2/c1-12(19)13-8-9-16(20-2)14-6-5-7-15(17(13)14)18-10-3-4-11-18/h8-9,15H,3-7,10-11H2,1-2H3/t15-/m0/s1. The van der Waals surface area contributed by atoms with Crippen LogP contribution in [0.4, 0.5) is 0 Å². The molecule has 0 spiro atoms. The van der Waals surface area contributed by atoms with Gasteiger partial charge in [-0.15, -0.1) is 0 Å². The van der Waals surface area contributed by atoms with Crippen molar-refractivity contribution in [2.24, 2.45) is 0 Å². The van der Waals surface area contributed by atoms with Gasteiger partial charge < -0.3 is 4.74 Å². The molecule has 1 aromatic carbocycles. The zero-order valence-electron chi connectivity index (χ0n) is 12.4. The van der Waals surface area contributed by atoms with E-state index in [0.717, 1.165) is 17.7 Å². The van der Waals surface area contributed by atoms with Crippen molar-refractivity contribution in [3.63, 3.8) is 0 Å². The summed E-state index contributed by atoms with van der Waals surface area (Å²) in [7, 11) is 1.72. The summed E-state index contributed by atoms with van der Waals surface area (Å²) in [5.74, 6) is 1.13. The Bertz CT molecular complexity index is 518. The number of Topliss-reactive ketones (excluding diaryl/α,β-unsaturated/α-hetero) is 1. The number of carbonyl (C=O) groups is 1. The van der Waals surface area contributed by atoms with Gasteiger partial charge in [-0.2, -0.15) is 0 Å². The van der Waals surface area contributed by atoms with Crippen molar-refractivity contribution >= 4 is 5.78 Å². The Labute approximate surface area is 120 Å². The van der Waals surface area contributed by atoms with Gasteiger partial charge in [0.05, 0.1) is 7.11 Å². The molecule has 1 heterocycles. The average molecular weight is 273 g/mol. The minimum Gasteiger partial charge on any atom is -0.496 e. The number of methoxy groups -OCH3 is 1. The molecule has 1 fully saturated rings. The number of ether oxygens (including phenoxy) is 1. The van der Waals surface area contributed by atoms with Crippen molar-refractivity contribution in [2.45, 2.75) is 45.1 Å². The number of carbonyl (C=O) groups excluding carboxylic acids is 1. The fourth-order valence-electron chi connectivity index (χ4n) is 3.82. The molecule has 0 aromatic heterocycles. The third kappa shape index (κ3) is 2.24. The van der Waals surface area contributed by atoms with Crippen LogP contribution in [0.2, 0.25) is 0 Å². The van der Waals surface area contributed by atoms with Crippen molar-refractivity contribution in [1.29, 1.82) is 0 Å². The maximum Gasteiger partial charge on any atom is 0.160 e. The van der Waals surface area contributed by atoms with Crippen LogP contribution in [0.25, 0.3) is 0 Å². The first-order valence-electron chi connectivity index (χ1n) is 7.67. The predicted octanol–water partition coefficient (Wildman–Crippen LogP) is 3.37. The summed E-state index contributed by atoms with van der Waals surface area (Å²) < 4.78 is 5.53. The van der Waals surface area contributed by atoms with Crippen LogP contribution >= 0.6 is 0 Å². The molecule has 0 amide bonds. The largest absolute Gasteiger partial charge is 0.496 e. The van der Waals surface area contributed by atoms with Crippen molar-refractivity contribution in [1.82, 2.24) is 4.90 Å². The van der Waals surface area contributed by atoms with Gasteiger partial charge >= 0.3 is 0 Å². The molecule has 20 heavy (non-hydrogen) atoms. The lowest BCUT2D eigenvalue weighted by Gasteiger charge is -2.35.